The van der Waals surface area contributed by atoms with Crippen LogP contribution in [0.4, 0.5) is 11.4 Å². The van der Waals surface area contributed by atoms with E-state index in [4.69, 9.17) is 5.26 Å². The molecular formula is C15H11N7OS. The third-order valence-corrected chi connectivity index (χ3v) is 3.82. The Hall–Kier alpha value is -3.51. The molecule has 3 rings (SSSR count). The smallest absolute Gasteiger partial charge is 0.265 e. The zero-order valence-corrected chi connectivity index (χ0v) is 13.0. The molecule has 9 heteroatoms. The Bertz CT molecular complexity index is 894. The monoisotopic (exact) mass is 337 g/mol. The van der Waals surface area contributed by atoms with Gasteiger partial charge in [0, 0.05) is 17.6 Å². The Morgan fingerprint density at radius 1 is 1.29 bits per heavy atom. The number of allylic oxidation sites excluding steroid dienone is 1. The van der Waals surface area contributed by atoms with Gasteiger partial charge >= 0.3 is 0 Å². The third kappa shape index (κ3) is 3.63. The maximum atomic E-state index is 12.1. The van der Waals surface area contributed by atoms with E-state index in [1.165, 1.54) is 17.5 Å². The van der Waals surface area contributed by atoms with Crippen LogP contribution in [0, 0.1) is 11.3 Å². The molecule has 0 aliphatic rings. The fourth-order valence-corrected chi connectivity index (χ4v) is 2.48. The van der Waals surface area contributed by atoms with E-state index >= 15 is 0 Å². The Balaban J connectivity index is 1.71. The fraction of sp³-hybridized carbons (Fsp3) is 0. The summed E-state index contributed by atoms with van der Waals surface area (Å²) in [4.78, 5) is 12.7. The van der Waals surface area contributed by atoms with Crippen LogP contribution >= 0.6 is 11.3 Å². The molecule has 1 amide bonds. The summed E-state index contributed by atoms with van der Waals surface area (Å²) in [5.41, 5.74) is 1.58. The van der Waals surface area contributed by atoms with E-state index in [0.29, 0.717) is 16.3 Å². The van der Waals surface area contributed by atoms with Crippen LogP contribution in [-0.2, 0) is 0 Å². The number of nitriles is 1. The van der Waals surface area contributed by atoms with Crippen molar-refractivity contribution in [3.8, 4) is 6.07 Å². The number of hydrogen-bond acceptors (Lipinski definition) is 7. The lowest BCUT2D eigenvalue weighted by molar-refractivity contribution is 0.103. The topological polar surface area (TPSA) is 119 Å². The predicted octanol–water partition coefficient (Wildman–Crippen LogP) is 2.49. The van der Waals surface area contributed by atoms with Gasteiger partial charge in [0.2, 0.25) is 5.82 Å². The number of carbonyl (C=O) groups excluding carboxylic acids is 1. The lowest BCUT2D eigenvalue weighted by Crippen LogP contribution is -2.10. The second-order valence-electron chi connectivity index (χ2n) is 4.56. The van der Waals surface area contributed by atoms with Gasteiger partial charge in [0.15, 0.2) is 0 Å². The van der Waals surface area contributed by atoms with E-state index in [1.54, 1.807) is 24.3 Å². The molecule has 0 atom stereocenters. The predicted molar refractivity (Wildman–Crippen MR) is 90.1 cm³/mol. The summed E-state index contributed by atoms with van der Waals surface area (Å²) >= 11 is 1.37. The molecule has 8 nitrogen and oxygen atoms in total. The molecule has 0 saturated heterocycles. The molecule has 0 spiro atoms. The van der Waals surface area contributed by atoms with Crippen molar-refractivity contribution >= 4 is 34.2 Å². The molecule has 0 aliphatic heterocycles. The molecule has 2 aromatic heterocycles. The van der Waals surface area contributed by atoms with Gasteiger partial charge in [0.05, 0.1) is 4.88 Å². The van der Waals surface area contributed by atoms with Gasteiger partial charge in [-0.15, -0.1) is 21.5 Å². The van der Waals surface area contributed by atoms with Crippen molar-refractivity contribution in [1.82, 2.24) is 20.6 Å². The number of tetrazole rings is 1. The quantitative estimate of drug-likeness (QED) is 0.615. The summed E-state index contributed by atoms with van der Waals surface area (Å²) in [5, 5.41) is 30.0. The third-order valence-electron chi connectivity index (χ3n) is 2.96. The normalized spacial score (nSPS) is 10.9. The van der Waals surface area contributed by atoms with Crippen LogP contribution < -0.4 is 10.6 Å². The SMILES string of the molecule is N#CC(=CNc1cccc(NC(=O)c2cccs2)c1)c1nn[nH]n1. The minimum atomic E-state index is -0.165. The molecule has 2 heterocycles. The first-order valence-corrected chi connectivity index (χ1v) is 7.70. The number of anilines is 2. The molecule has 3 N–H and O–H groups in total. The zero-order valence-electron chi connectivity index (χ0n) is 12.2. The molecule has 3 aromatic rings. The molecule has 0 saturated carbocycles. The molecule has 0 unspecified atom stereocenters. The van der Waals surface area contributed by atoms with Gasteiger partial charge in [-0.1, -0.05) is 12.1 Å². The van der Waals surface area contributed by atoms with Gasteiger partial charge in [-0.05, 0) is 34.9 Å². The minimum Gasteiger partial charge on any atom is -0.360 e. The van der Waals surface area contributed by atoms with Gasteiger partial charge in [0.25, 0.3) is 5.91 Å². The number of carbonyl (C=O) groups is 1. The van der Waals surface area contributed by atoms with E-state index < -0.39 is 0 Å². The highest BCUT2D eigenvalue weighted by molar-refractivity contribution is 7.12. The average molecular weight is 337 g/mol. The number of rotatable bonds is 5. The van der Waals surface area contributed by atoms with Crippen LogP contribution in [0.5, 0.6) is 0 Å². The Morgan fingerprint density at radius 2 is 2.17 bits per heavy atom. The van der Waals surface area contributed by atoms with Gasteiger partial charge in [-0.3, -0.25) is 4.79 Å². The largest absolute Gasteiger partial charge is 0.360 e. The van der Waals surface area contributed by atoms with Gasteiger partial charge in [0.1, 0.15) is 11.6 Å². The number of hydrogen-bond donors (Lipinski definition) is 3. The molecule has 1 aromatic carbocycles. The van der Waals surface area contributed by atoms with Crippen LogP contribution in [0.15, 0.2) is 48.0 Å². The summed E-state index contributed by atoms with van der Waals surface area (Å²) in [6.07, 6.45) is 1.48. The van der Waals surface area contributed by atoms with Gasteiger partial charge in [-0.2, -0.15) is 10.5 Å². The van der Waals surface area contributed by atoms with Crippen molar-refractivity contribution in [2.75, 3.05) is 10.6 Å². The van der Waals surface area contributed by atoms with Crippen molar-refractivity contribution < 1.29 is 4.79 Å². The van der Waals surface area contributed by atoms with Crippen LogP contribution in [0.3, 0.4) is 0 Å². The lowest BCUT2D eigenvalue weighted by atomic mass is 10.2. The Kier molecular flexibility index (Phi) is 4.60. The molecule has 118 valence electrons. The standard InChI is InChI=1S/C15H11N7OS/c16-8-10(14-19-21-22-20-14)9-17-11-3-1-4-12(7-11)18-15(23)13-5-2-6-24-13/h1-7,9,17H,(H,18,23)(H,19,20,21,22). The lowest BCUT2D eigenvalue weighted by Gasteiger charge is -2.06. The maximum absolute atomic E-state index is 12.1. The summed E-state index contributed by atoms with van der Waals surface area (Å²) in [6.45, 7) is 0. The number of thiophene rings is 1. The van der Waals surface area contributed by atoms with Gasteiger partial charge in [-0.25, -0.2) is 0 Å². The summed E-state index contributed by atoms with van der Waals surface area (Å²) < 4.78 is 0. The van der Waals surface area contributed by atoms with Crippen molar-refractivity contribution in [3.05, 3.63) is 58.7 Å². The molecule has 0 fully saturated rings. The Labute approximate surface area is 140 Å². The summed E-state index contributed by atoms with van der Waals surface area (Å²) in [7, 11) is 0. The number of amides is 1. The van der Waals surface area contributed by atoms with E-state index in [1.807, 2.05) is 23.6 Å². The zero-order chi connectivity index (χ0) is 16.8. The number of aromatic amines is 1. The van der Waals surface area contributed by atoms with Crippen LogP contribution in [0.1, 0.15) is 15.5 Å². The van der Waals surface area contributed by atoms with Crippen molar-refractivity contribution in [1.29, 1.82) is 5.26 Å². The molecular weight excluding hydrogens is 326 g/mol. The second-order valence-corrected chi connectivity index (χ2v) is 5.51. The van der Waals surface area contributed by atoms with E-state index in [9.17, 15) is 4.79 Å². The maximum Gasteiger partial charge on any atom is 0.265 e. The highest BCUT2D eigenvalue weighted by Crippen LogP contribution is 2.18. The highest BCUT2D eigenvalue weighted by atomic mass is 32.1. The van der Waals surface area contributed by atoms with Gasteiger partial charge < -0.3 is 10.6 Å². The fourth-order valence-electron chi connectivity index (χ4n) is 1.87. The number of nitrogens with zero attached hydrogens (tertiary/aromatic N) is 4. The first-order valence-electron chi connectivity index (χ1n) is 6.82. The number of H-pyrrole nitrogens is 1. The van der Waals surface area contributed by atoms with Crippen molar-refractivity contribution in [2.45, 2.75) is 0 Å². The number of benzene rings is 1. The summed E-state index contributed by atoms with van der Waals surface area (Å²) in [5.74, 6) is 0.0364. The Morgan fingerprint density at radius 3 is 2.88 bits per heavy atom. The number of nitrogens with one attached hydrogen (secondary N) is 3. The first kappa shape index (κ1) is 15.4. The highest BCUT2D eigenvalue weighted by Gasteiger charge is 2.08. The molecule has 0 aliphatic carbocycles. The van der Waals surface area contributed by atoms with Crippen LogP contribution in [-0.4, -0.2) is 26.5 Å². The van der Waals surface area contributed by atoms with Crippen molar-refractivity contribution in [2.24, 2.45) is 0 Å². The van der Waals surface area contributed by atoms with E-state index in [0.717, 1.165) is 0 Å². The summed E-state index contributed by atoms with van der Waals surface area (Å²) in [6, 6.07) is 12.7. The van der Waals surface area contributed by atoms with Crippen molar-refractivity contribution in [3.63, 3.8) is 0 Å². The molecule has 0 radical (unpaired) electrons. The molecule has 24 heavy (non-hydrogen) atoms. The molecule has 0 bridgehead atoms. The first-order chi connectivity index (χ1) is 11.8. The number of aromatic nitrogens is 4. The average Bonchev–Trinajstić information content (AvgIpc) is 3.30. The second kappa shape index (κ2) is 7.17. The van der Waals surface area contributed by atoms with Crippen LogP contribution in [0.2, 0.25) is 0 Å². The van der Waals surface area contributed by atoms with E-state index in [-0.39, 0.29) is 17.3 Å². The van der Waals surface area contributed by atoms with E-state index in [2.05, 4.69) is 31.3 Å². The van der Waals surface area contributed by atoms with Crippen LogP contribution in [0.25, 0.3) is 5.57 Å². The minimum absolute atomic E-state index is 0.165.